The quantitative estimate of drug-likeness (QED) is 0.0631. The molecule has 3 N–H and O–H groups in total. The summed E-state index contributed by atoms with van der Waals surface area (Å²) in [6, 6.07) is -0.532. The van der Waals surface area contributed by atoms with E-state index in [0.717, 1.165) is 25.7 Å². The van der Waals surface area contributed by atoms with Crippen LogP contribution in [0.3, 0.4) is 0 Å². The third kappa shape index (κ3) is 26.7. The van der Waals surface area contributed by atoms with Crippen LogP contribution in [0, 0.1) is 0 Å². The second-order valence-corrected chi connectivity index (χ2v) is 11.6. The first-order valence-corrected chi connectivity index (χ1v) is 16.9. The molecule has 226 valence electrons. The van der Waals surface area contributed by atoms with Gasteiger partial charge in [0.25, 0.3) is 0 Å². The second-order valence-electron chi connectivity index (χ2n) is 11.6. The lowest BCUT2D eigenvalue weighted by atomic mass is 10.0. The Labute approximate surface area is 237 Å². The van der Waals surface area contributed by atoms with Gasteiger partial charge in [0.1, 0.15) is 0 Å². The summed E-state index contributed by atoms with van der Waals surface area (Å²) in [5.41, 5.74) is 0. The number of allylic oxidation sites excluding steroid dienone is 2. The summed E-state index contributed by atoms with van der Waals surface area (Å²) in [5, 5.41) is 23.0. The number of hydrogen-bond acceptors (Lipinski definition) is 3. The summed E-state index contributed by atoms with van der Waals surface area (Å²) >= 11 is 0. The molecule has 0 radical (unpaired) electrons. The van der Waals surface area contributed by atoms with E-state index in [-0.39, 0.29) is 12.5 Å². The lowest BCUT2D eigenvalue weighted by molar-refractivity contribution is -0.123. The van der Waals surface area contributed by atoms with Crippen molar-refractivity contribution in [3.8, 4) is 0 Å². The molecule has 4 nitrogen and oxygen atoms in total. The van der Waals surface area contributed by atoms with Crippen molar-refractivity contribution in [2.24, 2.45) is 0 Å². The van der Waals surface area contributed by atoms with E-state index in [0.29, 0.717) is 12.8 Å². The van der Waals surface area contributed by atoms with E-state index in [1.807, 2.05) is 0 Å². The summed E-state index contributed by atoms with van der Waals surface area (Å²) in [5.74, 6) is -0.0386. The van der Waals surface area contributed by atoms with E-state index in [9.17, 15) is 15.0 Å². The Kier molecular flexibility index (Phi) is 30.0. The molecule has 0 saturated heterocycles. The molecular formula is C34H67NO3. The minimum Gasteiger partial charge on any atom is -0.394 e. The highest BCUT2D eigenvalue weighted by atomic mass is 16.3. The molecule has 0 aliphatic heterocycles. The first-order valence-electron chi connectivity index (χ1n) is 16.9. The fraction of sp³-hybridized carbons (Fsp3) is 0.912. The fourth-order valence-corrected chi connectivity index (χ4v) is 5.10. The molecule has 0 aliphatic rings. The number of hydrogen-bond donors (Lipinski definition) is 3. The zero-order valence-corrected chi connectivity index (χ0v) is 25.7. The van der Waals surface area contributed by atoms with Crippen LogP contribution in [0.25, 0.3) is 0 Å². The monoisotopic (exact) mass is 538 g/mol. The normalized spacial score (nSPS) is 13.3. The first-order chi connectivity index (χ1) is 18.7. The van der Waals surface area contributed by atoms with Crippen molar-refractivity contribution in [3.63, 3.8) is 0 Å². The van der Waals surface area contributed by atoms with E-state index in [4.69, 9.17) is 0 Å². The zero-order chi connectivity index (χ0) is 27.9. The van der Waals surface area contributed by atoms with Crippen LogP contribution in [0.4, 0.5) is 0 Å². The maximum Gasteiger partial charge on any atom is 0.220 e. The minimum atomic E-state index is -0.654. The van der Waals surface area contributed by atoms with Gasteiger partial charge in [0, 0.05) is 6.42 Å². The average molecular weight is 538 g/mol. The van der Waals surface area contributed by atoms with Crippen LogP contribution in [-0.2, 0) is 4.79 Å². The van der Waals surface area contributed by atoms with Crippen LogP contribution in [0.2, 0.25) is 0 Å². The van der Waals surface area contributed by atoms with E-state index < -0.39 is 12.1 Å². The van der Waals surface area contributed by atoms with Gasteiger partial charge < -0.3 is 15.5 Å². The van der Waals surface area contributed by atoms with Crippen LogP contribution < -0.4 is 5.32 Å². The molecule has 0 bridgehead atoms. The standard InChI is InChI=1S/C34H67NO3/c1-3-5-7-9-11-13-15-17-19-21-23-25-27-29-33(37)32(31-36)35-34(38)30-28-26-24-22-20-18-16-14-12-10-8-6-4-2/h10,12,32-33,36-37H,3-9,11,13-31H2,1-2H3,(H,35,38)/b12-10-/t32-,33?/m0/s1. The summed E-state index contributed by atoms with van der Waals surface area (Å²) in [6.45, 7) is 4.31. The van der Waals surface area contributed by atoms with Gasteiger partial charge in [-0.15, -0.1) is 0 Å². The number of aliphatic hydroxyl groups excluding tert-OH is 2. The average Bonchev–Trinajstić information content (AvgIpc) is 2.92. The maximum absolute atomic E-state index is 12.3. The fourth-order valence-electron chi connectivity index (χ4n) is 5.10. The lowest BCUT2D eigenvalue weighted by Crippen LogP contribution is -2.45. The Morgan fingerprint density at radius 2 is 1.03 bits per heavy atom. The number of carbonyl (C=O) groups is 1. The van der Waals surface area contributed by atoms with Gasteiger partial charge in [0.15, 0.2) is 0 Å². The molecule has 4 heteroatoms. The van der Waals surface area contributed by atoms with E-state index in [1.54, 1.807) is 0 Å². The van der Waals surface area contributed by atoms with E-state index >= 15 is 0 Å². The van der Waals surface area contributed by atoms with Crippen LogP contribution >= 0.6 is 0 Å². The Balaban J connectivity index is 3.58. The molecule has 0 aromatic carbocycles. The number of aliphatic hydroxyl groups is 2. The molecule has 1 amide bonds. The van der Waals surface area contributed by atoms with Crippen molar-refractivity contribution in [2.75, 3.05) is 6.61 Å². The van der Waals surface area contributed by atoms with Gasteiger partial charge in [-0.05, 0) is 32.1 Å². The minimum absolute atomic E-state index is 0.0386. The molecule has 0 aromatic rings. The summed E-state index contributed by atoms with van der Waals surface area (Å²) in [4.78, 5) is 12.3. The Hall–Kier alpha value is -0.870. The van der Waals surface area contributed by atoms with Crippen LogP contribution in [0.5, 0.6) is 0 Å². The van der Waals surface area contributed by atoms with Crippen molar-refractivity contribution in [3.05, 3.63) is 12.2 Å². The predicted molar refractivity (Wildman–Crippen MR) is 166 cm³/mol. The highest BCUT2D eigenvalue weighted by Gasteiger charge is 2.19. The second kappa shape index (κ2) is 30.7. The van der Waals surface area contributed by atoms with Gasteiger partial charge in [-0.25, -0.2) is 0 Å². The van der Waals surface area contributed by atoms with Gasteiger partial charge in [-0.2, -0.15) is 0 Å². The Bertz CT molecular complexity index is 508. The highest BCUT2D eigenvalue weighted by molar-refractivity contribution is 5.76. The summed E-state index contributed by atoms with van der Waals surface area (Å²) in [6.07, 6.45) is 35.4. The molecule has 38 heavy (non-hydrogen) atoms. The number of unbranched alkanes of at least 4 members (excludes halogenated alkanes) is 21. The number of nitrogens with one attached hydrogen (secondary N) is 1. The largest absolute Gasteiger partial charge is 0.394 e. The maximum atomic E-state index is 12.3. The first kappa shape index (κ1) is 37.1. The van der Waals surface area contributed by atoms with Crippen molar-refractivity contribution < 1.29 is 15.0 Å². The lowest BCUT2D eigenvalue weighted by Gasteiger charge is -2.22. The molecule has 0 saturated carbocycles. The Morgan fingerprint density at radius 3 is 1.53 bits per heavy atom. The number of carbonyl (C=O) groups excluding carboxylic acids is 1. The Morgan fingerprint density at radius 1 is 0.605 bits per heavy atom. The molecule has 0 aromatic heterocycles. The smallest absolute Gasteiger partial charge is 0.220 e. The molecule has 0 aliphatic carbocycles. The van der Waals surface area contributed by atoms with Crippen molar-refractivity contribution in [1.29, 1.82) is 0 Å². The van der Waals surface area contributed by atoms with Gasteiger partial charge >= 0.3 is 0 Å². The van der Waals surface area contributed by atoms with Crippen molar-refractivity contribution in [1.82, 2.24) is 5.32 Å². The molecule has 0 rings (SSSR count). The molecule has 1 unspecified atom stereocenters. The number of rotatable bonds is 30. The molecular weight excluding hydrogens is 470 g/mol. The zero-order valence-electron chi connectivity index (χ0n) is 25.7. The molecule has 2 atom stereocenters. The third-order valence-corrected chi connectivity index (χ3v) is 7.78. The van der Waals surface area contributed by atoms with Crippen molar-refractivity contribution in [2.45, 2.75) is 193 Å². The topological polar surface area (TPSA) is 69.6 Å². The summed E-state index contributed by atoms with van der Waals surface area (Å²) < 4.78 is 0. The molecule has 0 spiro atoms. The molecule has 0 heterocycles. The van der Waals surface area contributed by atoms with Crippen LogP contribution in [0.1, 0.15) is 181 Å². The third-order valence-electron chi connectivity index (χ3n) is 7.78. The highest BCUT2D eigenvalue weighted by Crippen LogP contribution is 2.15. The predicted octanol–water partition coefficient (Wildman–Crippen LogP) is 9.56. The number of amides is 1. The van der Waals surface area contributed by atoms with Gasteiger partial charge in [-0.3, -0.25) is 4.79 Å². The van der Waals surface area contributed by atoms with Crippen molar-refractivity contribution >= 4 is 5.91 Å². The SMILES string of the molecule is CCCC/C=C\CCCCCCCCCC(=O)N[C@@H](CO)C(O)CCCCCCCCCCCCCCC. The van der Waals surface area contributed by atoms with Crippen LogP contribution in [0.15, 0.2) is 12.2 Å². The van der Waals surface area contributed by atoms with Gasteiger partial charge in [-0.1, -0.05) is 154 Å². The summed E-state index contributed by atoms with van der Waals surface area (Å²) in [7, 11) is 0. The van der Waals surface area contributed by atoms with E-state index in [2.05, 4.69) is 31.3 Å². The molecule has 0 fully saturated rings. The van der Waals surface area contributed by atoms with Crippen LogP contribution in [-0.4, -0.2) is 34.9 Å². The van der Waals surface area contributed by atoms with E-state index in [1.165, 1.54) is 128 Å². The van der Waals surface area contributed by atoms with Gasteiger partial charge in [0.05, 0.1) is 18.8 Å². The van der Waals surface area contributed by atoms with Gasteiger partial charge in [0.2, 0.25) is 5.91 Å².